The molecule has 10 heteroatoms. The fraction of sp³-hybridized carbons (Fsp3) is 0.304. The van der Waals surface area contributed by atoms with Crippen molar-refractivity contribution in [1.29, 1.82) is 0 Å². The molecule has 1 fully saturated rings. The van der Waals surface area contributed by atoms with Crippen LogP contribution in [0.3, 0.4) is 0 Å². The lowest BCUT2D eigenvalue weighted by molar-refractivity contribution is -0.137. The van der Waals surface area contributed by atoms with Crippen molar-refractivity contribution in [3.8, 4) is 17.5 Å². The van der Waals surface area contributed by atoms with Crippen molar-refractivity contribution in [1.82, 2.24) is 19.7 Å². The molecule has 1 saturated heterocycles. The van der Waals surface area contributed by atoms with Crippen LogP contribution in [0, 0.1) is 11.8 Å². The number of fused-ring (bicyclic) bond motifs is 1. The first-order valence-electron chi connectivity index (χ1n) is 10.5. The SMILES string of the molecule is CN1CCC(O)(C#Cc2cccc(-n3nc(C(N)=O)c4c3CCN(c3nccs3)C4)c2)C1=O. The van der Waals surface area contributed by atoms with E-state index in [-0.39, 0.29) is 18.0 Å². The van der Waals surface area contributed by atoms with Gasteiger partial charge in [-0.05, 0) is 18.2 Å². The molecule has 0 saturated carbocycles. The summed E-state index contributed by atoms with van der Waals surface area (Å²) in [6.07, 6.45) is 2.71. The summed E-state index contributed by atoms with van der Waals surface area (Å²) in [5.41, 5.74) is 7.32. The second kappa shape index (κ2) is 8.03. The zero-order chi connectivity index (χ0) is 23.2. The van der Waals surface area contributed by atoms with E-state index in [2.05, 4.69) is 26.8 Å². The van der Waals surface area contributed by atoms with Crippen molar-refractivity contribution in [3.63, 3.8) is 0 Å². The number of rotatable bonds is 3. The fourth-order valence-corrected chi connectivity index (χ4v) is 4.90. The molecule has 2 aromatic heterocycles. The normalized spacial score (nSPS) is 19.9. The lowest BCUT2D eigenvalue weighted by atomic mass is 10.0. The number of anilines is 1. The summed E-state index contributed by atoms with van der Waals surface area (Å²) in [5.74, 6) is 4.70. The highest BCUT2D eigenvalue weighted by atomic mass is 32.1. The monoisotopic (exact) mass is 462 g/mol. The van der Waals surface area contributed by atoms with Crippen LogP contribution < -0.4 is 10.6 Å². The van der Waals surface area contributed by atoms with Gasteiger partial charge in [0.05, 0.1) is 11.4 Å². The summed E-state index contributed by atoms with van der Waals surface area (Å²) in [6, 6.07) is 7.33. The van der Waals surface area contributed by atoms with Crippen molar-refractivity contribution in [2.24, 2.45) is 5.73 Å². The summed E-state index contributed by atoms with van der Waals surface area (Å²) in [5, 5.41) is 17.9. The number of amides is 2. The van der Waals surface area contributed by atoms with Gasteiger partial charge in [-0.1, -0.05) is 17.9 Å². The van der Waals surface area contributed by atoms with Crippen LogP contribution in [0.1, 0.15) is 33.7 Å². The predicted molar refractivity (Wildman–Crippen MR) is 123 cm³/mol. The molecule has 2 amide bonds. The second-order valence-electron chi connectivity index (χ2n) is 8.17. The Labute approximate surface area is 194 Å². The smallest absolute Gasteiger partial charge is 0.269 e. The molecule has 2 aliphatic rings. The highest BCUT2D eigenvalue weighted by Gasteiger charge is 2.42. The number of aromatic nitrogens is 3. The summed E-state index contributed by atoms with van der Waals surface area (Å²) in [7, 11) is 1.65. The number of likely N-dealkylation sites (N-methyl/N-ethyl adjacent to an activating group) is 1. The average molecular weight is 463 g/mol. The number of hydrogen-bond acceptors (Lipinski definition) is 7. The Morgan fingerprint density at radius 2 is 2.18 bits per heavy atom. The third kappa shape index (κ3) is 3.75. The molecule has 2 aliphatic heterocycles. The van der Waals surface area contributed by atoms with E-state index in [1.165, 1.54) is 4.90 Å². The number of carbonyl (C=O) groups excluding carboxylic acids is 2. The molecule has 9 nitrogen and oxygen atoms in total. The first-order valence-corrected chi connectivity index (χ1v) is 11.4. The number of nitrogens with two attached hydrogens (primary N) is 1. The standard InChI is InChI=1S/C23H22N6O3S/c1-27-11-8-23(32,21(27)31)7-5-15-3-2-4-16(13-15)29-18-6-10-28(22-25-9-12-33-22)14-17(18)19(26-29)20(24)30/h2-4,9,12-13,32H,6,8,10-11,14H2,1H3,(H2,24,30). The van der Waals surface area contributed by atoms with Crippen LogP contribution >= 0.6 is 11.3 Å². The number of likely N-dealkylation sites (tertiary alicyclic amines) is 1. The number of aliphatic hydroxyl groups is 1. The van der Waals surface area contributed by atoms with E-state index < -0.39 is 11.5 Å². The zero-order valence-electron chi connectivity index (χ0n) is 18.0. The molecule has 3 N–H and O–H groups in total. The number of nitrogens with zero attached hydrogens (tertiary/aromatic N) is 5. The molecular formula is C23H22N6O3S. The molecule has 5 rings (SSSR count). The summed E-state index contributed by atoms with van der Waals surface area (Å²) in [6.45, 7) is 1.72. The average Bonchev–Trinajstić information content (AvgIpc) is 3.54. The maximum Gasteiger partial charge on any atom is 0.269 e. The molecule has 4 heterocycles. The van der Waals surface area contributed by atoms with Crippen LogP contribution in [0.15, 0.2) is 35.8 Å². The lowest BCUT2D eigenvalue weighted by Gasteiger charge is -2.27. The van der Waals surface area contributed by atoms with E-state index in [1.54, 1.807) is 35.3 Å². The van der Waals surface area contributed by atoms with E-state index in [4.69, 9.17) is 5.73 Å². The number of primary amides is 1. The van der Waals surface area contributed by atoms with Crippen molar-refractivity contribution in [3.05, 3.63) is 58.4 Å². The summed E-state index contributed by atoms with van der Waals surface area (Å²) >= 11 is 1.55. The second-order valence-corrected chi connectivity index (χ2v) is 9.05. The predicted octanol–water partition coefficient (Wildman–Crippen LogP) is 0.935. The maximum absolute atomic E-state index is 12.2. The van der Waals surface area contributed by atoms with E-state index in [0.29, 0.717) is 25.1 Å². The molecule has 0 spiro atoms. The van der Waals surface area contributed by atoms with E-state index in [0.717, 1.165) is 28.6 Å². The summed E-state index contributed by atoms with van der Waals surface area (Å²) < 4.78 is 1.74. The molecule has 0 aliphatic carbocycles. The first-order chi connectivity index (χ1) is 15.9. The molecule has 1 unspecified atom stereocenters. The van der Waals surface area contributed by atoms with Gasteiger partial charge in [0.25, 0.3) is 11.8 Å². The number of benzene rings is 1. The minimum Gasteiger partial charge on any atom is -0.369 e. The van der Waals surface area contributed by atoms with Crippen LogP contribution in [0.5, 0.6) is 0 Å². The highest BCUT2D eigenvalue weighted by molar-refractivity contribution is 7.13. The van der Waals surface area contributed by atoms with Crippen LogP contribution in [0.25, 0.3) is 5.69 Å². The molecular weight excluding hydrogens is 440 g/mol. The number of hydrogen-bond donors (Lipinski definition) is 2. The fourth-order valence-electron chi connectivity index (χ4n) is 4.23. The number of carbonyl (C=O) groups is 2. The van der Waals surface area contributed by atoms with Gasteiger partial charge in [-0.15, -0.1) is 11.3 Å². The Morgan fingerprint density at radius 1 is 1.33 bits per heavy atom. The Hall–Kier alpha value is -3.68. The van der Waals surface area contributed by atoms with Crippen LogP contribution in [0.2, 0.25) is 0 Å². The molecule has 3 aromatic rings. The molecule has 1 atom stereocenters. The van der Waals surface area contributed by atoms with E-state index in [9.17, 15) is 14.7 Å². The Bertz CT molecular complexity index is 1310. The van der Waals surface area contributed by atoms with E-state index in [1.807, 2.05) is 23.6 Å². The van der Waals surface area contributed by atoms with Gasteiger partial charge in [0.2, 0.25) is 5.60 Å². The summed E-state index contributed by atoms with van der Waals surface area (Å²) in [4.78, 5) is 32.3. The van der Waals surface area contributed by atoms with Crippen molar-refractivity contribution >= 4 is 28.3 Å². The molecule has 0 bridgehead atoms. The van der Waals surface area contributed by atoms with Gasteiger partial charge in [-0.2, -0.15) is 5.10 Å². The zero-order valence-corrected chi connectivity index (χ0v) is 18.8. The molecule has 1 aromatic carbocycles. The molecule has 0 radical (unpaired) electrons. The van der Waals surface area contributed by atoms with Crippen LogP contribution in [-0.4, -0.2) is 62.3 Å². The van der Waals surface area contributed by atoms with Gasteiger partial charge < -0.3 is 20.6 Å². The number of thiazole rings is 1. The van der Waals surface area contributed by atoms with Crippen molar-refractivity contribution in [2.45, 2.75) is 25.0 Å². The van der Waals surface area contributed by atoms with Crippen molar-refractivity contribution < 1.29 is 14.7 Å². The lowest BCUT2D eigenvalue weighted by Crippen LogP contribution is -2.37. The van der Waals surface area contributed by atoms with Gasteiger partial charge in [0.1, 0.15) is 0 Å². The third-order valence-corrected chi connectivity index (χ3v) is 6.83. The molecule has 168 valence electrons. The maximum atomic E-state index is 12.2. The minimum absolute atomic E-state index is 0.247. The minimum atomic E-state index is -1.66. The third-order valence-electron chi connectivity index (χ3n) is 5.99. The first kappa shape index (κ1) is 21.2. The van der Waals surface area contributed by atoms with Gasteiger partial charge in [0, 0.05) is 62.2 Å². The van der Waals surface area contributed by atoms with Gasteiger partial charge in [-0.3, -0.25) is 9.59 Å². The van der Waals surface area contributed by atoms with Crippen LogP contribution in [-0.2, 0) is 17.8 Å². The quantitative estimate of drug-likeness (QED) is 0.560. The Balaban J connectivity index is 1.49. The van der Waals surface area contributed by atoms with Gasteiger partial charge >= 0.3 is 0 Å². The van der Waals surface area contributed by atoms with E-state index >= 15 is 0 Å². The van der Waals surface area contributed by atoms with Gasteiger partial charge in [-0.25, -0.2) is 9.67 Å². The van der Waals surface area contributed by atoms with Gasteiger partial charge in [0.15, 0.2) is 10.8 Å². The van der Waals surface area contributed by atoms with Crippen molar-refractivity contribution in [2.75, 3.05) is 25.0 Å². The van der Waals surface area contributed by atoms with Crippen LogP contribution in [0.4, 0.5) is 5.13 Å². The topological polar surface area (TPSA) is 118 Å². The highest BCUT2D eigenvalue weighted by Crippen LogP contribution is 2.29. The molecule has 33 heavy (non-hydrogen) atoms. The largest absolute Gasteiger partial charge is 0.369 e. The Kier molecular flexibility index (Phi) is 5.15. The Morgan fingerprint density at radius 3 is 2.88 bits per heavy atom.